The van der Waals surface area contributed by atoms with Gasteiger partial charge in [-0.25, -0.2) is 4.68 Å². The van der Waals surface area contributed by atoms with Gasteiger partial charge in [-0.2, -0.15) is 0 Å². The van der Waals surface area contributed by atoms with Crippen LogP contribution in [0.5, 0.6) is 0 Å². The number of nitrogens with two attached hydrogens (primary N) is 1. The van der Waals surface area contributed by atoms with E-state index >= 15 is 0 Å². The van der Waals surface area contributed by atoms with Crippen LogP contribution < -0.4 is 5.84 Å². The molecule has 2 N–H and O–H groups in total. The highest BCUT2D eigenvalue weighted by atomic mass is 35.5. The van der Waals surface area contributed by atoms with Gasteiger partial charge in [0.1, 0.15) is 5.25 Å². The van der Waals surface area contributed by atoms with Crippen molar-refractivity contribution in [2.75, 3.05) is 18.9 Å². The predicted molar refractivity (Wildman–Crippen MR) is 111 cm³/mol. The van der Waals surface area contributed by atoms with Crippen LogP contribution in [-0.2, 0) is 4.79 Å². The fourth-order valence-electron chi connectivity index (χ4n) is 3.28. The van der Waals surface area contributed by atoms with Crippen LogP contribution >= 0.6 is 23.4 Å². The van der Waals surface area contributed by atoms with Crippen LogP contribution in [0.1, 0.15) is 23.7 Å². The number of nitrogen functional groups attached to an aromatic ring is 1. The molecule has 0 aliphatic carbocycles. The van der Waals surface area contributed by atoms with Crippen molar-refractivity contribution in [1.29, 1.82) is 0 Å². The van der Waals surface area contributed by atoms with Gasteiger partial charge in [-0.3, -0.25) is 4.79 Å². The van der Waals surface area contributed by atoms with Gasteiger partial charge in [0.25, 0.3) is 0 Å². The Morgan fingerprint density at radius 3 is 2.54 bits per heavy atom. The summed E-state index contributed by atoms with van der Waals surface area (Å²) in [5.41, 5.74) is 1.70. The van der Waals surface area contributed by atoms with Crippen molar-refractivity contribution in [2.24, 2.45) is 0 Å². The second-order valence-corrected chi connectivity index (χ2v) is 8.14. The Morgan fingerprint density at radius 2 is 1.82 bits per heavy atom. The van der Waals surface area contributed by atoms with Gasteiger partial charge in [-0.05, 0) is 30.5 Å². The van der Waals surface area contributed by atoms with Gasteiger partial charge >= 0.3 is 0 Å². The zero-order valence-electron chi connectivity index (χ0n) is 15.2. The molecule has 1 aliphatic heterocycles. The molecule has 0 unspecified atom stereocenters. The van der Waals surface area contributed by atoms with E-state index in [0.717, 1.165) is 37.1 Å². The van der Waals surface area contributed by atoms with E-state index in [2.05, 4.69) is 10.2 Å². The smallest absolute Gasteiger partial charge is 0.240 e. The van der Waals surface area contributed by atoms with E-state index in [-0.39, 0.29) is 5.91 Å². The standard InChI is InChI=1S/C20H20ClN5OS/c21-16-10-6-9-15(13-16)18-23-24-20(26(18)22)28-17(14-7-2-1-3-8-14)19(27)25-11-4-5-12-25/h1-3,6-10,13,17H,4-5,11-12,22H2/t17-/m1/s1. The first-order valence-corrected chi connectivity index (χ1v) is 10.4. The molecule has 2 aromatic carbocycles. The zero-order chi connectivity index (χ0) is 19.5. The van der Waals surface area contributed by atoms with Crippen LogP contribution in [0.3, 0.4) is 0 Å². The van der Waals surface area contributed by atoms with Crippen molar-refractivity contribution in [1.82, 2.24) is 19.8 Å². The summed E-state index contributed by atoms with van der Waals surface area (Å²) in [6, 6.07) is 17.0. The van der Waals surface area contributed by atoms with Gasteiger partial charge in [0.2, 0.25) is 11.1 Å². The van der Waals surface area contributed by atoms with Crippen molar-refractivity contribution in [3.63, 3.8) is 0 Å². The van der Waals surface area contributed by atoms with E-state index < -0.39 is 5.25 Å². The number of thioether (sulfide) groups is 1. The molecule has 3 aromatic rings. The normalized spacial score (nSPS) is 15.0. The lowest BCUT2D eigenvalue weighted by atomic mass is 10.1. The van der Waals surface area contributed by atoms with Crippen LogP contribution in [0.4, 0.5) is 0 Å². The van der Waals surface area contributed by atoms with E-state index in [4.69, 9.17) is 17.4 Å². The molecule has 1 aromatic heterocycles. The van der Waals surface area contributed by atoms with Gasteiger partial charge in [0.15, 0.2) is 5.82 Å². The average Bonchev–Trinajstić information content (AvgIpc) is 3.37. The van der Waals surface area contributed by atoms with Crippen LogP contribution in [0.2, 0.25) is 5.02 Å². The first kappa shape index (κ1) is 18.8. The van der Waals surface area contributed by atoms with Crippen molar-refractivity contribution in [3.05, 3.63) is 65.2 Å². The first-order valence-electron chi connectivity index (χ1n) is 9.10. The fraction of sp³-hybridized carbons (Fsp3) is 0.250. The van der Waals surface area contributed by atoms with E-state index in [1.54, 1.807) is 12.1 Å². The van der Waals surface area contributed by atoms with Crippen molar-refractivity contribution < 1.29 is 4.79 Å². The largest absolute Gasteiger partial charge is 0.341 e. The Bertz CT molecular complexity index is 972. The quantitative estimate of drug-likeness (QED) is 0.509. The number of nitrogens with zero attached hydrogens (tertiary/aromatic N) is 4. The van der Waals surface area contributed by atoms with E-state index in [0.29, 0.717) is 16.0 Å². The minimum atomic E-state index is -0.419. The lowest BCUT2D eigenvalue weighted by Crippen LogP contribution is -2.31. The van der Waals surface area contributed by atoms with Crippen LogP contribution in [0.15, 0.2) is 59.8 Å². The third-order valence-corrected chi connectivity index (χ3v) is 6.15. The van der Waals surface area contributed by atoms with Crippen molar-refractivity contribution in [3.8, 4) is 11.4 Å². The number of hydrogen-bond donors (Lipinski definition) is 1. The topological polar surface area (TPSA) is 77.0 Å². The van der Waals surface area contributed by atoms with Gasteiger partial charge in [-0.1, -0.05) is 65.8 Å². The highest BCUT2D eigenvalue weighted by molar-refractivity contribution is 8.00. The lowest BCUT2D eigenvalue weighted by Gasteiger charge is -2.22. The third-order valence-electron chi connectivity index (χ3n) is 4.71. The SMILES string of the molecule is Nn1c(S[C@@H](C(=O)N2CCCC2)c2ccccc2)nnc1-c1cccc(Cl)c1. The van der Waals surface area contributed by atoms with Gasteiger partial charge < -0.3 is 10.7 Å². The van der Waals surface area contributed by atoms with E-state index in [1.807, 2.05) is 47.4 Å². The summed E-state index contributed by atoms with van der Waals surface area (Å²) in [6.07, 6.45) is 2.09. The van der Waals surface area contributed by atoms with Gasteiger partial charge in [0.05, 0.1) is 0 Å². The molecule has 28 heavy (non-hydrogen) atoms. The van der Waals surface area contributed by atoms with E-state index in [9.17, 15) is 4.79 Å². The zero-order valence-corrected chi connectivity index (χ0v) is 16.7. The maximum Gasteiger partial charge on any atom is 0.240 e. The monoisotopic (exact) mass is 413 g/mol. The molecule has 8 heteroatoms. The number of rotatable bonds is 5. The number of aromatic nitrogens is 3. The summed E-state index contributed by atoms with van der Waals surface area (Å²) in [5, 5.41) is 9.11. The molecule has 0 spiro atoms. The Hall–Kier alpha value is -2.51. The molecular formula is C20H20ClN5OS. The number of carbonyl (C=O) groups excluding carboxylic acids is 1. The highest BCUT2D eigenvalue weighted by Crippen LogP contribution is 2.37. The number of benzene rings is 2. The Balaban J connectivity index is 1.65. The summed E-state index contributed by atoms with van der Waals surface area (Å²) in [4.78, 5) is 15.1. The summed E-state index contributed by atoms with van der Waals surface area (Å²) in [6.45, 7) is 1.59. The number of amides is 1. The maximum absolute atomic E-state index is 13.2. The molecule has 6 nitrogen and oxygen atoms in total. The number of carbonyl (C=O) groups is 1. The fourth-order valence-corrected chi connectivity index (χ4v) is 4.51. The molecule has 1 atom stereocenters. The van der Waals surface area contributed by atoms with Crippen molar-refractivity contribution in [2.45, 2.75) is 23.2 Å². The highest BCUT2D eigenvalue weighted by Gasteiger charge is 2.30. The average molecular weight is 414 g/mol. The molecule has 0 saturated carbocycles. The van der Waals surface area contributed by atoms with Crippen LogP contribution in [0, 0.1) is 0 Å². The molecule has 4 rings (SSSR count). The van der Waals surface area contributed by atoms with Crippen LogP contribution in [-0.4, -0.2) is 38.8 Å². The molecule has 2 heterocycles. The number of likely N-dealkylation sites (tertiary alicyclic amines) is 1. The van der Waals surface area contributed by atoms with E-state index in [1.165, 1.54) is 16.4 Å². The van der Waals surface area contributed by atoms with Crippen LogP contribution in [0.25, 0.3) is 11.4 Å². The van der Waals surface area contributed by atoms with Gasteiger partial charge in [0, 0.05) is 23.7 Å². The summed E-state index contributed by atoms with van der Waals surface area (Å²) >= 11 is 7.40. The number of halogens is 1. The summed E-state index contributed by atoms with van der Waals surface area (Å²) in [5.74, 6) is 6.86. The first-order chi connectivity index (χ1) is 13.6. The molecule has 0 radical (unpaired) electrons. The molecule has 1 fully saturated rings. The molecule has 1 amide bonds. The summed E-state index contributed by atoms with van der Waals surface area (Å²) in [7, 11) is 0. The minimum absolute atomic E-state index is 0.0843. The Morgan fingerprint density at radius 1 is 1.07 bits per heavy atom. The Labute approximate surface area is 172 Å². The minimum Gasteiger partial charge on any atom is -0.341 e. The third kappa shape index (κ3) is 3.86. The lowest BCUT2D eigenvalue weighted by molar-refractivity contribution is -0.129. The maximum atomic E-state index is 13.2. The molecule has 144 valence electrons. The molecular weight excluding hydrogens is 394 g/mol. The summed E-state index contributed by atoms with van der Waals surface area (Å²) < 4.78 is 1.42. The second kappa shape index (κ2) is 8.24. The Kier molecular flexibility index (Phi) is 5.54. The van der Waals surface area contributed by atoms with Gasteiger partial charge in [-0.15, -0.1) is 10.2 Å². The molecule has 1 aliphatic rings. The molecule has 0 bridgehead atoms. The predicted octanol–water partition coefficient (Wildman–Crippen LogP) is 3.77. The second-order valence-electron chi connectivity index (χ2n) is 6.63. The van der Waals surface area contributed by atoms with Crippen molar-refractivity contribution >= 4 is 29.3 Å². The number of hydrogen-bond acceptors (Lipinski definition) is 5. The molecule has 1 saturated heterocycles.